The third-order valence-electron chi connectivity index (χ3n) is 5.01. The molecule has 0 atom stereocenters. The molecule has 0 saturated heterocycles. The average molecular weight is 396 g/mol. The van der Waals surface area contributed by atoms with Crippen LogP contribution in [-0.4, -0.2) is 35.4 Å². The maximum atomic E-state index is 11.1. The van der Waals surface area contributed by atoms with E-state index in [1.54, 1.807) is 11.3 Å². The second-order valence-corrected chi connectivity index (χ2v) is 8.40. The number of aromatic nitrogens is 1. The van der Waals surface area contributed by atoms with Gasteiger partial charge in [0, 0.05) is 26.1 Å². The number of thiazole rings is 1. The largest absolute Gasteiger partial charge is 0.431 e. The number of primary amides is 1. The molecule has 28 heavy (non-hydrogen) atoms. The third-order valence-corrected chi connectivity index (χ3v) is 5.92. The van der Waals surface area contributed by atoms with Crippen LogP contribution in [0.15, 0.2) is 48.5 Å². The number of carbonyl (C=O) groups is 1. The van der Waals surface area contributed by atoms with Crippen molar-refractivity contribution >= 4 is 27.5 Å². The van der Waals surface area contributed by atoms with E-state index in [9.17, 15) is 4.79 Å². The summed E-state index contributed by atoms with van der Waals surface area (Å²) in [5, 5.41) is 0.663. The highest BCUT2D eigenvalue weighted by Crippen LogP contribution is 2.31. The Balaban J connectivity index is 1.32. The monoisotopic (exact) mass is 395 g/mol. The molecule has 0 aliphatic heterocycles. The molecule has 3 aromatic rings. The third kappa shape index (κ3) is 5.30. The fraction of sp³-hybridized carbons (Fsp3) is 0.364. The second kappa shape index (κ2) is 8.71. The van der Waals surface area contributed by atoms with Crippen LogP contribution in [0.4, 0.5) is 0 Å². The van der Waals surface area contributed by atoms with Crippen molar-refractivity contribution in [2.75, 3.05) is 19.6 Å². The van der Waals surface area contributed by atoms with Gasteiger partial charge in [-0.15, -0.1) is 0 Å². The fourth-order valence-electron chi connectivity index (χ4n) is 3.24. The number of nitrogens with zero attached hydrogens (tertiary/aromatic N) is 2. The molecule has 1 aliphatic rings. The molecule has 1 aromatic heterocycles. The molecule has 0 bridgehead atoms. The lowest BCUT2D eigenvalue weighted by Crippen LogP contribution is -2.31. The van der Waals surface area contributed by atoms with E-state index in [1.807, 2.05) is 30.3 Å². The lowest BCUT2D eigenvalue weighted by atomic mass is 10.1. The van der Waals surface area contributed by atoms with Crippen LogP contribution in [0.1, 0.15) is 24.8 Å². The van der Waals surface area contributed by atoms with Gasteiger partial charge in [0.2, 0.25) is 5.91 Å². The van der Waals surface area contributed by atoms with Crippen LogP contribution in [0.3, 0.4) is 0 Å². The van der Waals surface area contributed by atoms with E-state index in [0.717, 1.165) is 47.9 Å². The van der Waals surface area contributed by atoms with Crippen molar-refractivity contribution in [3.63, 3.8) is 0 Å². The Hall–Kier alpha value is -2.44. The summed E-state index contributed by atoms with van der Waals surface area (Å²) >= 11 is 1.55. The summed E-state index contributed by atoms with van der Waals surface area (Å²) in [6.45, 7) is 2.78. The van der Waals surface area contributed by atoms with Crippen LogP contribution in [0.2, 0.25) is 0 Å². The molecule has 1 fully saturated rings. The molecule has 2 aromatic carbocycles. The molecular weight excluding hydrogens is 370 g/mol. The Morgan fingerprint density at radius 1 is 1.14 bits per heavy atom. The van der Waals surface area contributed by atoms with Crippen molar-refractivity contribution in [2.24, 2.45) is 11.7 Å². The van der Waals surface area contributed by atoms with Gasteiger partial charge in [0.05, 0.1) is 10.2 Å². The minimum absolute atomic E-state index is 0.225. The maximum absolute atomic E-state index is 11.1. The van der Waals surface area contributed by atoms with Gasteiger partial charge in [-0.3, -0.25) is 4.79 Å². The van der Waals surface area contributed by atoms with E-state index in [2.05, 4.69) is 28.1 Å². The number of benzene rings is 2. The number of para-hydroxylation sites is 1. The molecule has 146 valence electrons. The first-order valence-electron chi connectivity index (χ1n) is 9.79. The molecule has 1 heterocycles. The standard InChI is InChI=1S/C22H25N3O2S/c23-21(26)12-14-25(15-17-5-6-17)13-11-16-7-9-18(10-8-16)27-22-24-19-3-1-2-4-20(19)28-22/h1-4,7-10,17H,5-6,11-15H2,(H2,23,26). The normalized spacial score (nSPS) is 13.9. The van der Waals surface area contributed by atoms with E-state index in [0.29, 0.717) is 11.6 Å². The highest BCUT2D eigenvalue weighted by atomic mass is 32.1. The van der Waals surface area contributed by atoms with Gasteiger partial charge in [0.1, 0.15) is 5.75 Å². The first-order chi connectivity index (χ1) is 13.7. The molecule has 4 rings (SSSR count). The lowest BCUT2D eigenvalue weighted by molar-refractivity contribution is -0.118. The maximum Gasteiger partial charge on any atom is 0.279 e. The Morgan fingerprint density at radius 2 is 1.93 bits per heavy atom. The molecule has 1 amide bonds. The fourth-order valence-corrected chi connectivity index (χ4v) is 4.07. The first-order valence-corrected chi connectivity index (χ1v) is 10.6. The minimum Gasteiger partial charge on any atom is -0.431 e. The Morgan fingerprint density at radius 3 is 2.64 bits per heavy atom. The predicted octanol–water partition coefficient (Wildman–Crippen LogP) is 4.22. The highest BCUT2D eigenvalue weighted by molar-refractivity contribution is 7.20. The van der Waals surface area contributed by atoms with Gasteiger partial charge in [-0.2, -0.15) is 0 Å². The van der Waals surface area contributed by atoms with Crippen LogP contribution in [-0.2, 0) is 11.2 Å². The van der Waals surface area contributed by atoms with Gasteiger partial charge in [-0.05, 0) is 55.0 Å². The Bertz CT molecular complexity index is 901. The zero-order valence-electron chi connectivity index (χ0n) is 15.8. The van der Waals surface area contributed by atoms with Crippen molar-refractivity contribution in [1.82, 2.24) is 9.88 Å². The smallest absolute Gasteiger partial charge is 0.279 e. The number of rotatable bonds is 10. The Labute approximate surface area is 169 Å². The van der Waals surface area contributed by atoms with Crippen molar-refractivity contribution in [3.8, 4) is 10.9 Å². The second-order valence-electron chi connectivity index (χ2n) is 7.40. The molecule has 1 saturated carbocycles. The quantitative estimate of drug-likeness (QED) is 0.558. The van der Waals surface area contributed by atoms with Crippen molar-refractivity contribution in [2.45, 2.75) is 25.7 Å². The lowest BCUT2D eigenvalue weighted by Gasteiger charge is -2.21. The van der Waals surface area contributed by atoms with E-state index in [-0.39, 0.29) is 5.91 Å². The number of hydrogen-bond donors (Lipinski definition) is 1. The van der Waals surface area contributed by atoms with Gasteiger partial charge in [-0.25, -0.2) is 4.98 Å². The topological polar surface area (TPSA) is 68.5 Å². The van der Waals surface area contributed by atoms with Gasteiger partial charge in [0.25, 0.3) is 5.19 Å². The van der Waals surface area contributed by atoms with Gasteiger partial charge in [-0.1, -0.05) is 35.6 Å². The number of carbonyl (C=O) groups excluding carboxylic acids is 1. The van der Waals surface area contributed by atoms with Crippen molar-refractivity contribution < 1.29 is 9.53 Å². The Kier molecular flexibility index (Phi) is 5.88. The zero-order valence-corrected chi connectivity index (χ0v) is 16.7. The molecular formula is C22H25N3O2S. The van der Waals surface area contributed by atoms with Gasteiger partial charge < -0.3 is 15.4 Å². The molecule has 6 heteroatoms. The van der Waals surface area contributed by atoms with Crippen LogP contribution in [0.5, 0.6) is 10.9 Å². The van der Waals surface area contributed by atoms with E-state index >= 15 is 0 Å². The molecule has 1 aliphatic carbocycles. The van der Waals surface area contributed by atoms with Crippen LogP contribution in [0, 0.1) is 5.92 Å². The molecule has 0 spiro atoms. The van der Waals surface area contributed by atoms with E-state index in [4.69, 9.17) is 10.5 Å². The summed E-state index contributed by atoms with van der Waals surface area (Å²) < 4.78 is 7.04. The SMILES string of the molecule is NC(=O)CCN(CCc1ccc(Oc2nc3ccccc3s2)cc1)CC1CC1. The van der Waals surface area contributed by atoms with E-state index < -0.39 is 0 Å². The van der Waals surface area contributed by atoms with Crippen molar-refractivity contribution in [1.29, 1.82) is 0 Å². The number of amides is 1. The number of hydrogen-bond acceptors (Lipinski definition) is 5. The molecule has 0 unspecified atom stereocenters. The predicted molar refractivity (Wildman–Crippen MR) is 113 cm³/mol. The molecule has 2 N–H and O–H groups in total. The van der Waals surface area contributed by atoms with E-state index in [1.165, 1.54) is 18.4 Å². The molecule has 0 radical (unpaired) electrons. The summed E-state index contributed by atoms with van der Waals surface area (Å²) in [4.78, 5) is 18.0. The van der Waals surface area contributed by atoms with Crippen LogP contribution < -0.4 is 10.5 Å². The highest BCUT2D eigenvalue weighted by Gasteiger charge is 2.24. The minimum atomic E-state index is -0.225. The zero-order chi connectivity index (χ0) is 19.3. The molecule has 5 nitrogen and oxygen atoms in total. The summed E-state index contributed by atoms with van der Waals surface area (Å²) in [6, 6.07) is 16.2. The summed E-state index contributed by atoms with van der Waals surface area (Å²) in [6.07, 6.45) is 4.00. The first kappa shape index (κ1) is 18.9. The number of nitrogens with two attached hydrogens (primary N) is 1. The number of fused-ring (bicyclic) bond motifs is 1. The average Bonchev–Trinajstić information content (AvgIpc) is 3.41. The number of ether oxygens (including phenoxy) is 1. The summed E-state index contributed by atoms with van der Waals surface area (Å²) in [5.74, 6) is 1.38. The summed E-state index contributed by atoms with van der Waals surface area (Å²) in [7, 11) is 0. The van der Waals surface area contributed by atoms with Gasteiger partial charge in [0.15, 0.2) is 0 Å². The van der Waals surface area contributed by atoms with Crippen molar-refractivity contribution in [3.05, 3.63) is 54.1 Å². The van der Waals surface area contributed by atoms with Gasteiger partial charge >= 0.3 is 0 Å². The van der Waals surface area contributed by atoms with Crippen LogP contribution >= 0.6 is 11.3 Å². The summed E-state index contributed by atoms with van der Waals surface area (Å²) in [5.41, 5.74) is 7.54. The van der Waals surface area contributed by atoms with Crippen LogP contribution in [0.25, 0.3) is 10.2 Å².